The van der Waals surface area contributed by atoms with Gasteiger partial charge in [-0.25, -0.2) is 4.79 Å². The summed E-state index contributed by atoms with van der Waals surface area (Å²) in [5.74, 6) is 0.271. The number of carbonyl (C=O) groups excluding carboxylic acids is 1. The third-order valence-electron chi connectivity index (χ3n) is 3.51. The van der Waals surface area contributed by atoms with Crippen LogP contribution in [0.3, 0.4) is 0 Å². The van der Waals surface area contributed by atoms with E-state index in [0.717, 1.165) is 5.56 Å². The van der Waals surface area contributed by atoms with E-state index in [1.165, 1.54) is 17.7 Å². The number of esters is 1. The summed E-state index contributed by atoms with van der Waals surface area (Å²) in [5, 5.41) is 0. The number of nitrogens with zero attached hydrogens (tertiary/aromatic N) is 1. The topological polar surface area (TPSA) is 99.6 Å². The highest BCUT2D eigenvalue weighted by molar-refractivity contribution is 5.65. The fourth-order valence-corrected chi connectivity index (χ4v) is 2.30. The molecule has 8 heteroatoms. The number of rotatable bonds is 10. The molecule has 0 saturated heterocycles. The molecule has 1 heterocycles. The van der Waals surface area contributed by atoms with Crippen molar-refractivity contribution in [1.29, 1.82) is 0 Å². The first kappa shape index (κ1) is 20.2. The Kier molecular flexibility index (Phi) is 7.57. The van der Waals surface area contributed by atoms with Crippen molar-refractivity contribution < 1.29 is 19.0 Å². The van der Waals surface area contributed by atoms with Gasteiger partial charge in [-0.1, -0.05) is 24.8 Å². The molecule has 144 valence electrons. The van der Waals surface area contributed by atoms with Gasteiger partial charge in [0, 0.05) is 25.1 Å². The van der Waals surface area contributed by atoms with E-state index in [-0.39, 0.29) is 19.9 Å². The number of hydrogen-bond donors (Lipinski definition) is 1. The molecule has 2 aromatic rings. The van der Waals surface area contributed by atoms with E-state index in [9.17, 15) is 14.4 Å². The second-order valence-electron chi connectivity index (χ2n) is 5.68. The van der Waals surface area contributed by atoms with Crippen molar-refractivity contribution in [2.75, 3.05) is 19.8 Å². The number of nitrogens with one attached hydrogen (secondary N) is 1. The SMILES string of the molecule is C=CCOc1cccc(Cc2cn(COCCOC(C)=O)c(=O)[nH]c2=O)c1. The first-order valence-electron chi connectivity index (χ1n) is 8.36. The molecule has 0 aliphatic rings. The van der Waals surface area contributed by atoms with Crippen LogP contribution in [0.25, 0.3) is 0 Å². The lowest BCUT2D eigenvalue weighted by atomic mass is 10.1. The molecule has 27 heavy (non-hydrogen) atoms. The van der Waals surface area contributed by atoms with Crippen LogP contribution >= 0.6 is 0 Å². The Labute approximate surface area is 156 Å². The molecule has 1 aromatic carbocycles. The summed E-state index contributed by atoms with van der Waals surface area (Å²) in [5.41, 5.74) is 0.259. The predicted octanol–water partition coefficient (Wildman–Crippen LogP) is 1.23. The number of benzene rings is 1. The smallest absolute Gasteiger partial charge is 0.330 e. The minimum Gasteiger partial charge on any atom is -0.490 e. The van der Waals surface area contributed by atoms with Gasteiger partial charge in [0.05, 0.1) is 6.61 Å². The highest BCUT2D eigenvalue weighted by Crippen LogP contribution is 2.15. The van der Waals surface area contributed by atoms with E-state index in [1.54, 1.807) is 6.08 Å². The Hall–Kier alpha value is -3.13. The highest BCUT2D eigenvalue weighted by Gasteiger charge is 2.07. The maximum absolute atomic E-state index is 12.1. The number of H-pyrrole nitrogens is 1. The van der Waals surface area contributed by atoms with Crippen molar-refractivity contribution >= 4 is 5.97 Å². The Morgan fingerprint density at radius 1 is 1.30 bits per heavy atom. The largest absolute Gasteiger partial charge is 0.490 e. The molecule has 0 aliphatic heterocycles. The normalized spacial score (nSPS) is 10.4. The summed E-state index contributed by atoms with van der Waals surface area (Å²) < 4.78 is 16.8. The van der Waals surface area contributed by atoms with E-state index in [1.807, 2.05) is 24.3 Å². The first-order chi connectivity index (χ1) is 13.0. The molecule has 0 atom stereocenters. The van der Waals surface area contributed by atoms with Crippen LogP contribution in [0, 0.1) is 0 Å². The Balaban J connectivity index is 2.06. The number of aromatic nitrogens is 2. The lowest BCUT2D eigenvalue weighted by molar-refractivity contribution is -0.142. The Morgan fingerprint density at radius 3 is 2.85 bits per heavy atom. The summed E-state index contributed by atoms with van der Waals surface area (Å²) >= 11 is 0. The van der Waals surface area contributed by atoms with Crippen LogP contribution in [0.1, 0.15) is 18.1 Å². The molecule has 0 unspecified atom stereocenters. The lowest BCUT2D eigenvalue weighted by Gasteiger charge is -2.10. The number of hydrogen-bond acceptors (Lipinski definition) is 6. The summed E-state index contributed by atoms with van der Waals surface area (Å²) in [6, 6.07) is 7.34. The number of aromatic amines is 1. The van der Waals surface area contributed by atoms with Crippen LogP contribution < -0.4 is 16.0 Å². The van der Waals surface area contributed by atoms with Crippen LogP contribution in [0.2, 0.25) is 0 Å². The van der Waals surface area contributed by atoms with Gasteiger partial charge in [-0.05, 0) is 17.7 Å². The molecule has 1 N–H and O–H groups in total. The highest BCUT2D eigenvalue weighted by atomic mass is 16.6. The molecule has 8 nitrogen and oxygen atoms in total. The second-order valence-corrected chi connectivity index (χ2v) is 5.68. The Morgan fingerprint density at radius 2 is 2.11 bits per heavy atom. The van der Waals surface area contributed by atoms with E-state index in [0.29, 0.717) is 24.3 Å². The number of ether oxygens (including phenoxy) is 3. The van der Waals surface area contributed by atoms with Crippen molar-refractivity contribution in [3.05, 3.63) is 75.1 Å². The molecule has 2 rings (SSSR count). The van der Waals surface area contributed by atoms with Crippen LogP contribution in [0.5, 0.6) is 5.75 Å². The molecule has 0 radical (unpaired) electrons. The molecule has 0 amide bonds. The van der Waals surface area contributed by atoms with E-state index < -0.39 is 17.2 Å². The third kappa shape index (κ3) is 6.59. The lowest BCUT2D eigenvalue weighted by Crippen LogP contribution is -2.32. The molecule has 0 bridgehead atoms. The third-order valence-corrected chi connectivity index (χ3v) is 3.51. The molecule has 1 aromatic heterocycles. The molecule has 0 spiro atoms. The Bertz CT molecular complexity index is 900. The van der Waals surface area contributed by atoms with E-state index in [4.69, 9.17) is 14.2 Å². The van der Waals surface area contributed by atoms with Gasteiger partial charge < -0.3 is 14.2 Å². The monoisotopic (exact) mass is 374 g/mol. The summed E-state index contributed by atoms with van der Waals surface area (Å²) in [4.78, 5) is 37.0. The average Bonchev–Trinajstić information content (AvgIpc) is 2.63. The van der Waals surface area contributed by atoms with Gasteiger partial charge in [0.15, 0.2) is 0 Å². The number of carbonyl (C=O) groups is 1. The van der Waals surface area contributed by atoms with Gasteiger partial charge >= 0.3 is 11.7 Å². The van der Waals surface area contributed by atoms with Crippen molar-refractivity contribution in [3.8, 4) is 5.75 Å². The van der Waals surface area contributed by atoms with Crippen molar-refractivity contribution in [1.82, 2.24) is 9.55 Å². The standard InChI is InChI=1S/C19H22N2O6/c1-3-7-27-17-6-4-5-15(11-17)10-16-12-21(19(24)20-18(16)23)13-25-8-9-26-14(2)22/h3-6,11-12H,1,7-10,13H2,2H3,(H,20,23,24). The zero-order valence-corrected chi connectivity index (χ0v) is 15.1. The van der Waals surface area contributed by atoms with Gasteiger partial charge in [0.2, 0.25) is 0 Å². The van der Waals surface area contributed by atoms with Crippen LogP contribution in [0.15, 0.2) is 52.7 Å². The predicted molar refractivity (Wildman–Crippen MR) is 98.8 cm³/mol. The van der Waals surface area contributed by atoms with Gasteiger partial charge in [0.1, 0.15) is 25.7 Å². The molecule has 0 aliphatic carbocycles. The zero-order valence-electron chi connectivity index (χ0n) is 15.1. The van der Waals surface area contributed by atoms with Crippen LogP contribution in [-0.2, 0) is 27.4 Å². The van der Waals surface area contributed by atoms with Gasteiger partial charge in [-0.2, -0.15) is 0 Å². The van der Waals surface area contributed by atoms with Gasteiger partial charge in [-0.15, -0.1) is 0 Å². The molecular weight excluding hydrogens is 352 g/mol. The van der Waals surface area contributed by atoms with E-state index >= 15 is 0 Å². The maximum atomic E-state index is 12.1. The fraction of sp³-hybridized carbons (Fsp3) is 0.316. The van der Waals surface area contributed by atoms with Gasteiger partial charge in [-0.3, -0.25) is 19.1 Å². The van der Waals surface area contributed by atoms with Crippen LogP contribution in [0.4, 0.5) is 0 Å². The minimum atomic E-state index is -0.570. The van der Waals surface area contributed by atoms with Gasteiger partial charge in [0.25, 0.3) is 5.56 Å². The summed E-state index contributed by atoms with van der Waals surface area (Å²) in [6.07, 6.45) is 3.44. The zero-order chi connectivity index (χ0) is 19.6. The molecule has 0 saturated carbocycles. The second kappa shape index (κ2) is 10.1. The average molecular weight is 374 g/mol. The minimum absolute atomic E-state index is 0.0631. The fourth-order valence-electron chi connectivity index (χ4n) is 2.30. The quantitative estimate of drug-likeness (QED) is 0.381. The molecule has 0 fully saturated rings. The maximum Gasteiger partial charge on any atom is 0.330 e. The van der Waals surface area contributed by atoms with Crippen molar-refractivity contribution in [2.24, 2.45) is 0 Å². The first-order valence-corrected chi connectivity index (χ1v) is 8.36. The van der Waals surface area contributed by atoms with E-state index in [2.05, 4.69) is 11.6 Å². The van der Waals surface area contributed by atoms with Crippen LogP contribution in [-0.4, -0.2) is 35.3 Å². The summed E-state index contributed by atoms with van der Waals surface area (Å²) in [6.45, 7) is 5.47. The molecular formula is C19H22N2O6. The summed E-state index contributed by atoms with van der Waals surface area (Å²) in [7, 11) is 0. The van der Waals surface area contributed by atoms with Crippen molar-refractivity contribution in [2.45, 2.75) is 20.1 Å². The van der Waals surface area contributed by atoms with Crippen molar-refractivity contribution in [3.63, 3.8) is 0 Å².